The monoisotopic (exact) mass is 519 g/mol. The van der Waals surface area contributed by atoms with Crippen molar-refractivity contribution in [1.29, 1.82) is 0 Å². The van der Waals surface area contributed by atoms with Crippen LogP contribution in [0.4, 0.5) is 13.2 Å². The van der Waals surface area contributed by atoms with Crippen molar-refractivity contribution in [3.8, 4) is 11.3 Å². The van der Waals surface area contributed by atoms with Gasteiger partial charge >= 0.3 is 24.1 Å². The Labute approximate surface area is 209 Å². The highest BCUT2D eigenvalue weighted by Crippen LogP contribution is 2.38. The van der Waals surface area contributed by atoms with E-state index >= 15 is 0 Å². The Bertz CT molecular complexity index is 1310. The first-order valence-corrected chi connectivity index (χ1v) is 11.2. The zero-order chi connectivity index (χ0) is 27.3. The van der Waals surface area contributed by atoms with Crippen molar-refractivity contribution in [2.45, 2.75) is 38.6 Å². The second-order valence-corrected chi connectivity index (χ2v) is 8.39. The van der Waals surface area contributed by atoms with Crippen molar-refractivity contribution in [2.75, 3.05) is 6.61 Å². The Hall–Kier alpha value is -4.12. The molecule has 11 heteroatoms. The largest absolute Gasteiger partial charge is 0.478 e. The highest BCUT2D eigenvalue weighted by Gasteiger charge is 2.34. The molecule has 1 fully saturated rings. The summed E-state index contributed by atoms with van der Waals surface area (Å²) in [5.41, 5.74) is -0.0553. The number of carboxylic acid groups (broad SMARTS) is 3. The Morgan fingerprint density at radius 3 is 2.22 bits per heavy atom. The van der Waals surface area contributed by atoms with E-state index in [1.165, 1.54) is 42.6 Å². The number of rotatable bonds is 6. The quantitative estimate of drug-likeness (QED) is 0.396. The van der Waals surface area contributed by atoms with Crippen LogP contribution in [-0.2, 0) is 17.5 Å². The van der Waals surface area contributed by atoms with E-state index < -0.39 is 29.6 Å². The Kier molecular flexibility index (Phi) is 8.38. The summed E-state index contributed by atoms with van der Waals surface area (Å²) in [6.07, 6.45) is -1.56. The number of ether oxygens (including phenoxy) is 1. The molecule has 2 aromatic carbocycles. The third-order valence-electron chi connectivity index (χ3n) is 5.79. The van der Waals surface area contributed by atoms with Gasteiger partial charge in [-0.3, -0.25) is 0 Å². The summed E-state index contributed by atoms with van der Waals surface area (Å²) in [7, 11) is 0. The number of halogens is 3. The van der Waals surface area contributed by atoms with Gasteiger partial charge in [0.15, 0.2) is 0 Å². The van der Waals surface area contributed by atoms with Crippen molar-refractivity contribution in [3.63, 3.8) is 0 Å². The number of carboxylic acids is 3. The summed E-state index contributed by atoms with van der Waals surface area (Å²) in [6, 6.07) is 10.5. The highest BCUT2D eigenvalue weighted by molar-refractivity contribution is 5.94. The van der Waals surface area contributed by atoms with E-state index in [4.69, 9.17) is 14.9 Å². The molecule has 1 saturated heterocycles. The average molecular weight is 519 g/mol. The minimum absolute atomic E-state index is 0.0111. The van der Waals surface area contributed by atoms with Gasteiger partial charge in [0.05, 0.1) is 28.4 Å². The third kappa shape index (κ3) is 6.76. The zero-order valence-corrected chi connectivity index (χ0v) is 19.7. The SMILES string of the molecule is Cc1ccc(C(=O)O)cc1C(=O)O.O=C(O)c1cc(-c2ccccc2C(F)(F)F)n(CC2CCCO2)c1. The molecule has 3 N–H and O–H groups in total. The zero-order valence-electron chi connectivity index (χ0n) is 19.7. The Morgan fingerprint density at radius 1 is 0.973 bits per heavy atom. The average Bonchev–Trinajstić information content (AvgIpc) is 3.49. The highest BCUT2D eigenvalue weighted by atomic mass is 19.4. The van der Waals surface area contributed by atoms with Gasteiger partial charge in [0.25, 0.3) is 0 Å². The van der Waals surface area contributed by atoms with Crippen LogP contribution in [0.25, 0.3) is 11.3 Å². The first kappa shape index (κ1) is 27.5. The third-order valence-corrected chi connectivity index (χ3v) is 5.79. The topological polar surface area (TPSA) is 126 Å². The van der Waals surface area contributed by atoms with E-state index in [0.717, 1.165) is 25.0 Å². The lowest BCUT2D eigenvalue weighted by Crippen LogP contribution is -2.16. The van der Waals surface area contributed by atoms with Crippen molar-refractivity contribution in [1.82, 2.24) is 4.57 Å². The second kappa shape index (κ2) is 11.3. The number of alkyl halides is 3. The number of benzene rings is 2. The Morgan fingerprint density at radius 2 is 1.65 bits per heavy atom. The summed E-state index contributed by atoms with van der Waals surface area (Å²) in [6.45, 7) is 2.57. The second-order valence-electron chi connectivity index (χ2n) is 8.39. The molecule has 37 heavy (non-hydrogen) atoms. The molecular weight excluding hydrogens is 495 g/mol. The molecule has 1 aliphatic heterocycles. The molecule has 1 aliphatic rings. The van der Waals surface area contributed by atoms with Crippen LogP contribution in [0, 0.1) is 6.92 Å². The van der Waals surface area contributed by atoms with Crippen LogP contribution in [0.2, 0.25) is 0 Å². The van der Waals surface area contributed by atoms with E-state index in [-0.39, 0.29) is 34.1 Å². The van der Waals surface area contributed by atoms with Gasteiger partial charge in [0.1, 0.15) is 0 Å². The van der Waals surface area contributed by atoms with E-state index in [2.05, 4.69) is 0 Å². The summed E-state index contributed by atoms with van der Waals surface area (Å²) in [5.74, 6) is -3.41. The fourth-order valence-corrected chi connectivity index (χ4v) is 3.95. The van der Waals surface area contributed by atoms with Crippen molar-refractivity contribution >= 4 is 17.9 Å². The predicted octanol–water partition coefficient (Wildman–Crippen LogP) is 5.44. The van der Waals surface area contributed by atoms with Crippen LogP contribution < -0.4 is 0 Å². The maximum absolute atomic E-state index is 13.3. The number of aryl methyl sites for hydroxylation is 1. The normalized spacial score (nSPS) is 15.1. The molecule has 1 atom stereocenters. The number of aromatic carboxylic acids is 3. The van der Waals surface area contributed by atoms with E-state index in [1.54, 1.807) is 11.5 Å². The van der Waals surface area contributed by atoms with E-state index in [9.17, 15) is 32.7 Å². The standard InChI is InChI=1S/C17H16F3NO3.C9H8O4/c18-17(19,20)14-6-2-1-5-13(14)15-8-11(16(22)23)9-21(15)10-12-4-3-7-24-12;1-5-2-3-6(8(10)11)4-7(5)9(12)13/h1-2,5-6,8-9,12H,3-4,7,10H2,(H,22,23);2-4H,1H3,(H,10,11)(H,12,13). The first-order chi connectivity index (χ1) is 17.4. The molecule has 1 unspecified atom stereocenters. The van der Waals surface area contributed by atoms with Crippen LogP contribution >= 0.6 is 0 Å². The minimum atomic E-state index is -4.51. The Balaban J connectivity index is 0.000000248. The van der Waals surface area contributed by atoms with Crippen LogP contribution in [0.1, 0.15) is 55.0 Å². The molecule has 1 aromatic heterocycles. The van der Waals surface area contributed by atoms with Crippen molar-refractivity contribution in [2.24, 2.45) is 0 Å². The molecule has 8 nitrogen and oxygen atoms in total. The van der Waals surface area contributed by atoms with Crippen LogP contribution in [0.5, 0.6) is 0 Å². The lowest BCUT2D eigenvalue weighted by molar-refractivity contribution is -0.137. The predicted molar refractivity (Wildman–Crippen MR) is 126 cm³/mol. The van der Waals surface area contributed by atoms with E-state index in [0.29, 0.717) is 18.7 Å². The molecule has 0 aliphatic carbocycles. The summed E-state index contributed by atoms with van der Waals surface area (Å²) in [4.78, 5) is 32.3. The number of hydrogen-bond acceptors (Lipinski definition) is 4. The molecule has 196 valence electrons. The van der Waals surface area contributed by atoms with Crippen molar-refractivity contribution in [3.05, 3.63) is 82.5 Å². The molecule has 0 saturated carbocycles. The lowest BCUT2D eigenvalue weighted by atomic mass is 10.0. The van der Waals surface area contributed by atoms with Gasteiger partial charge in [-0.2, -0.15) is 13.2 Å². The summed E-state index contributed by atoms with van der Waals surface area (Å²) < 4.78 is 46.9. The number of hydrogen-bond donors (Lipinski definition) is 3. The lowest BCUT2D eigenvalue weighted by Gasteiger charge is -2.17. The molecule has 0 spiro atoms. The van der Waals surface area contributed by atoms with Gasteiger partial charge in [-0.25, -0.2) is 14.4 Å². The molecule has 0 amide bonds. The number of carbonyl (C=O) groups is 3. The fraction of sp³-hybridized carbons (Fsp3) is 0.269. The van der Waals surface area contributed by atoms with Gasteiger partial charge < -0.3 is 24.6 Å². The number of nitrogens with zero attached hydrogens (tertiary/aromatic N) is 1. The number of aromatic nitrogens is 1. The van der Waals surface area contributed by atoms with E-state index in [1.807, 2.05) is 0 Å². The molecule has 3 aromatic rings. The molecule has 0 radical (unpaired) electrons. The fourth-order valence-electron chi connectivity index (χ4n) is 3.95. The van der Waals surface area contributed by atoms with Gasteiger partial charge in [-0.15, -0.1) is 0 Å². The van der Waals surface area contributed by atoms with Gasteiger partial charge in [0.2, 0.25) is 0 Å². The maximum Gasteiger partial charge on any atom is 0.417 e. The van der Waals surface area contributed by atoms with Crippen LogP contribution in [0.15, 0.2) is 54.7 Å². The van der Waals surface area contributed by atoms with Crippen LogP contribution in [0.3, 0.4) is 0 Å². The summed E-state index contributed by atoms with van der Waals surface area (Å²) >= 11 is 0. The minimum Gasteiger partial charge on any atom is -0.478 e. The maximum atomic E-state index is 13.3. The molecular formula is C26H24F3NO7. The summed E-state index contributed by atoms with van der Waals surface area (Å²) in [5, 5.41) is 26.5. The van der Waals surface area contributed by atoms with Crippen LogP contribution in [-0.4, -0.2) is 50.5 Å². The first-order valence-electron chi connectivity index (χ1n) is 11.2. The molecule has 4 rings (SSSR count). The molecule has 2 heterocycles. The smallest absolute Gasteiger partial charge is 0.417 e. The van der Waals surface area contributed by atoms with Gasteiger partial charge in [-0.1, -0.05) is 24.3 Å². The van der Waals surface area contributed by atoms with Gasteiger partial charge in [-0.05, 0) is 49.6 Å². The van der Waals surface area contributed by atoms with Gasteiger partial charge in [0, 0.05) is 30.6 Å². The molecule has 0 bridgehead atoms. The van der Waals surface area contributed by atoms with Crippen molar-refractivity contribution < 1.29 is 47.6 Å².